The number of carboxylic acids is 1. The predicted molar refractivity (Wildman–Crippen MR) is 154 cm³/mol. The number of anilines is 1. The molecule has 0 unspecified atom stereocenters. The summed E-state index contributed by atoms with van der Waals surface area (Å²) in [5.41, 5.74) is 7.44. The molecular weight excluding hydrogens is 534 g/mol. The van der Waals surface area contributed by atoms with Crippen LogP contribution < -0.4 is 9.64 Å². The van der Waals surface area contributed by atoms with E-state index in [1.165, 1.54) is 11.3 Å². The fourth-order valence-electron chi connectivity index (χ4n) is 4.82. The maximum Gasteiger partial charge on any atom is 0.307 e. The fourth-order valence-corrected chi connectivity index (χ4v) is 6.08. The van der Waals surface area contributed by atoms with Gasteiger partial charge in [0.25, 0.3) is 5.91 Å². The van der Waals surface area contributed by atoms with Gasteiger partial charge in [-0.05, 0) is 66.1 Å². The molecule has 0 atom stereocenters. The minimum Gasteiger partial charge on any atom is -0.482 e. The average molecular weight is 556 g/mol. The number of benzene rings is 3. The molecule has 1 amide bonds. The highest BCUT2D eigenvalue weighted by Crippen LogP contribution is 2.42. The number of likely N-dealkylation sites (N-methyl/N-ethyl adjacent to an activating group) is 1. The first kappa shape index (κ1) is 25.0. The van der Waals surface area contributed by atoms with Gasteiger partial charge >= 0.3 is 5.97 Å². The third-order valence-electron chi connectivity index (χ3n) is 6.82. The molecule has 1 N–H and O–H groups in total. The number of carboxylic acid groups (broad SMARTS) is 1. The fraction of sp³-hybridized carbons (Fsp3) is 0.133. The molecule has 1 aliphatic rings. The van der Waals surface area contributed by atoms with Crippen molar-refractivity contribution in [2.24, 2.45) is 0 Å². The van der Waals surface area contributed by atoms with Crippen molar-refractivity contribution in [1.82, 2.24) is 9.97 Å². The van der Waals surface area contributed by atoms with Crippen molar-refractivity contribution in [3.8, 4) is 38.7 Å². The van der Waals surface area contributed by atoms with E-state index < -0.39 is 5.97 Å². The van der Waals surface area contributed by atoms with Crippen molar-refractivity contribution in [2.75, 3.05) is 18.6 Å². The lowest BCUT2D eigenvalue weighted by Crippen LogP contribution is -2.35. The average Bonchev–Trinajstić information content (AvgIpc) is 3.35. The number of carbonyl (C=O) groups excluding carboxylic acids is 1. The van der Waals surface area contributed by atoms with Crippen molar-refractivity contribution in [3.63, 3.8) is 0 Å². The Morgan fingerprint density at radius 1 is 1.08 bits per heavy atom. The number of amides is 1. The number of rotatable bonds is 5. The first-order valence-electron chi connectivity index (χ1n) is 12.2. The topological polar surface area (TPSA) is 92.6 Å². The van der Waals surface area contributed by atoms with Crippen molar-refractivity contribution in [3.05, 3.63) is 83.0 Å². The Kier molecular flexibility index (Phi) is 6.29. The Morgan fingerprint density at radius 2 is 1.85 bits per heavy atom. The zero-order valence-electron chi connectivity index (χ0n) is 21.1. The van der Waals surface area contributed by atoms with Crippen molar-refractivity contribution >= 4 is 50.7 Å². The SMILES string of the molecule is Cc1cc2nc(-c3ccnc(-c4ccc5c(c4)OCC(=O)N5C)c3)sc2c(-c2ccc(Cl)cc2)c1CC(=O)O. The number of carbonyl (C=O) groups is 2. The van der Waals surface area contributed by atoms with Gasteiger partial charge in [-0.1, -0.05) is 29.8 Å². The first-order valence-corrected chi connectivity index (χ1v) is 13.4. The number of fused-ring (bicyclic) bond motifs is 2. The number of hydrogen-bond donors (Lipinski definition) is 1. The molecule has 1 aliphatic heterocycles. The van der Waals surface area contributed by atoms with Crippen molar-refractivity contribution < 1.29 is 19.4 Å². The van der Waals surface area contributed by atoms with Gasteiger partial charge < -0.3 is 14.7 Å². The van der Waals surface area contributed by atoms with Crippen LogP contribution in [0.2, 0.25) is 5.02 Å². The molecule has 39 heavy (non-hydrogen) atoms. The number of aliphatic carboxylic acids is 1. The molecular formula is C30H22ClN3O4S. The summed E-state index contributed by atoms with van der Waals surface area (Å²) in [5, 5.41) is 11.0. The second-order valence-electron chi connectivity index (χ2n) is 9.35. The summed E-state index contributed by atoms with van der Waals surface area (Å²) >= 11 is 7.66. The van der Waals surface area contributed by atoms with E-state index in [0.29, 0.717) is 10.8 Å². The summed E-state index contributed by atoms with van der Waals surface area (Å²) in [5.74, 6) is -0.345. The van der Waals surface area contributed by atoms with Crippen LogP contribution in [-0.2, 0) is 16.0 Å². The molecule has 0 aliphatic carbocycles. The number of thiazole rings is 1. The molecule has 0 saturated heterocycles. The highest BCUT2D eigenvalue weighted by Gasteiger charge is 2.23. The van der Waals surface area contributed by atoms with Crippen LogP contribution in [0.1, 0.15) is 11.1 Å². The van der Waals surface area contributed by atoms with Crippen LogP contribution in [0, 0.1) is 6.92 Å². The molecule has 6 rings (SSSR count). The van der Waals surface area contributed by atoms with E-state index in [0.717, 1.165) is 60.0 Å². The van der Waals surface area contributed by atoms with Crippen LogP contribution >= 0.6 is 22.9 Å². The molecule has 5 aromatic rings. The molecule has 3 aromatic carbocycles. The third kappa shape index (κ3) is 4.62. The molecule has 194 valence electrons. The van der Waals surface area contributed by atoms with Gasteiger partial charge in [0.1, 0.15) is 10.8 Å². The molecule has 0 saturated carbocycles. The normalized spacial score (nSPS) is 12.9. The third-order valence-corrected chi connectivity index (χ3v) is 8.21. The van der Waals surface area contributed by atoms with E-state index >= 15 is 0 Å². The van der Waals surface area contributed by atoms with Gasteiger partial charge in [0.05, 0.1) is 28.0 Å². The van der Waals surface area contributed by atoms with Crippen LogP contribution in [-0.4, -0.2) is 40.6 Å². The summed E-state index contributed by atoms with van der Waals surface area (Å²) in [7, 11) is 1.73. The van der Waals surface area contributed by atoms with Crippen molar-refractivity contribution in [1.29, 1.82) is 0 Å². The second-order valence-corrected chi connectivity index (χ2v) is 10.8. The molecule has 0 bridgehead atoms. The number of nitrogens with zero attached hydrogens (tertiary/aromatic N) is 3. The van der Waals surface area contributed by atoms with E-state index in [-0.39, 0.29) is 18.9 Å². The van der Waals surface area contributed by atoms with E-state index in [2.05, 4.69) is 4.98 Å². The maximum atomic E-state index is 12.0. The Balaban J connectivity index is 1.46. The van der Waals surface area contributed by atoms with Crippen LogP contribution in [0.15, 0.2) is 66.9 Å². The summed E-state index contributed by atoms with van der Waals surface area (Å²) in [6, 6.07) is 19.0. The van der Waals surface area contributed by atoms with E-state index in [1.54, 1.807) is 18.1 Å². The Hall–Kier alpha value is -4.27. The first-order chi connectivity index (χ1) is 18.8. The largest absolute Gasteiger partial charge is 0.482 e. The highest BCUT2D eigenvalue weighted by atomic mass is 35.5. The van der Waals surface area contributed by atoms with Gasteiger partial charge in [-0.25, -0.2) is 4.98 Å². The summed E-state index contributed by atoms with van der Waals surface area (Å²) < 4.78 is 6.58. The second kappa shape index (κ2) is 9.80. The smallest absolute Gasteiger partial charge is 0.307 e. The molecule has 2 aromatic heterocycles. The predicted octanol–water partition coefficient (Wildman–Crippen LogP) is 6.64. The number of ether oxygens (including phenoxy) is 1. The maximum absolute atomic E-state index is 12.0. The number of halogens is 1. The van der Waals surface area contributed by atoms with Gasteiger partial charge in [0, 0.05) is 35.0 Å². The summed E-state index contributed by atoms with van der Waals surface area (Å²) in [6.07, 6.45) is 1.65. The lowest BCUT2D eigenvalue weighted by molar-refractivity contribution is -0.136. The van der Waals surface area contributed by atoms with E-state index in [9.17, 15) is 14.7 Å². The monoisotopic (exact) mass is 555 g/mol. The summed E-state index contributed by atoms with van der Waals surface area (Å²) in [6.45, 7) is 1.93. The van der Waals surface area contributed by atoms with E-state index in [1.807, 2.05) is 67.6 Å². The van der Waals surface area contributed by atoms with Gasteiger partial charge in [-0.15, -0.1) is 11.3 Å². The van der Waals surface area contributed by atoms with E-state index in [4.69, 9.17) is 21.3 Å². The van der Waals surface area contributed by atoms with Crippen LogP contribution in [0.5, 0.6) is 5.75 Å². The lowest BCUT2D eigenvalue weighted by Gasteiger charge is -2.26. The van der Waals surface area contributed by atoms with Crippen LogP contribution in [0.25, 0.3) is 43.2 Å². The quantitative estimate of drug-likeness (QED) is 0.261. The van der Waals surface area contributed by atoms with Gasteiger partial charge in [0.2, 0.25) is 0 Å². The molecule has 0 fully saturated rings. The Morgan fingerprint density at radius 3 is 2.62 bits per heavy atom. The zero-order chi connectivity index (χ0) is 27.3. The molecule has 7 nitrogen and oxygen atoms in total. The Labute approximate surface area is 233 Å². The van der Waals surface area contributed by atoms with Crippen molar-refractivity contribution in [2.45, 2.75) is 13.3 Å². The van der Waals surface area contributed by atoms with Gasteiger partial charge in [-0.2, -0.15) is 0 Å². The van der Waals surface area contributed by atoms with Gasteiger partial charge in [-0.3, -0.25) is 14.6 Å². The minimum atomic E-state index is -0.888. The molecule has 3 heterocycles. The van der Waals surface area contributed by atoms with Crippen LogP contribution in [0.4, 0.5) is 5.69 Å². The number of pyridine rings is 1. The number of hydrogen-bond acceptors (Lipinski definition) is 6. The molecule has 9 heteroatoms. The lowest BCUT2D eigenvalue weighted by atomic mass is 9.93. The highest BCUT2D eigenvalue weighted by molar-refractivity contribution is 7.22. The van der Waals surface area contributed by atoms with Crippen LogP contribution in [0.3, 0.4) is 0 Å². The number of aromatic nitrogens is 2. The Bertz CT molecular complexity index is 1780. The minimum absolute atomic E-state index is 0.00532. The number of aryl methyl sites for hydroxylation is 1. The summed E-state index contributed by atoms with van der Waals surface area (Å²) in [4.78, 5) is 34.8. The molecule has 0 spiro atoms. The molecule has 0 radical (unpaired) electrons. The van der Waals surface area contributed by atoms with Gasteiger partial charge in [0.15, 0.2) is 6.61 Å². The zero-order valence-corrected chi connectivity index (χ0v) is 22.6. The standard InChI is InChI=1S/C30H22ClN3O4S/c1-16-11-23-29(28(21(16)14-27(36)37)17-3-6-20(31)7-4-17)39-30(33-23)19-9-10-32-22(12-19)18-5-8-24-25(13-18)38-15-26(35)34(24)2/h3-13H,14-15H2,1-2H3,(H,36,37).